The zero-order valence-corrected chi connectivity index (χ0v) is 28.3. The molecule has 2 N–H and O–H groups in total. The Hall–Kier alpha value is -6.11. The summed E-state index contributed by atoms with van der Waals surface area (Å²) in [5.74, 6) is 0. The van der Waals surface area contributed by atoms with Crippen LogP contribution in [0.25, 0.3) is 88.6 Å². The van der Waals surface area contributed by atoms with E-state index in [1.807, 2.05) is 54.6 Å². The Morgan fingerprint density at radius 1 is 0.412 bits per heavy atom. The average molecular weight is 681 g/mol. The molecule has 4 aromatic heterocycles. The number of fused-ring (bicyclic) bond motifs is 6. The molecule has 0 aliphatic rings. The first-order valence-corrected chi connectivity index (χ1v) is 18.1. The Balaban J connectivity index is 1.13. The van der Waals surface area contributed by atoms with Gasteiger partial charge in [0.15, 0.2) is 0 Å². The molecule has 4 heterocycles. The molecule has 9 rings (SSSR count). The summed E-state index contributed by atoms with van der Waals surface area (Å²) in [6, 6.07) is 47.4. The van der Waals surface area contributed by atoms with Gasteiger partial charge in [0.2, 0.25) is 0 Å². The van der Waals surface area contributed by atoms with Gasteiger partial charge in [-0.1, -0.05) is 103 Å². The lowest BCUT2D eigenvalue weighted by Crippen LogP contribution is -2.03. The van der Waals surface area contributed by atoms with E-state index in [2.05, 4.69) is 73.7 Å². The molecule has 0 fully saturated rings. The van der Waals surface area contributed by atoms with Crippen molar-refractivity contribution in [1.29, 1.82) is 0 Å². The van der Waals surface area contributed by atoms with Crippen molar-refractivity contribution >= 4 is 56.5 Å². The number of nitrogens with zero attached hydrogens (tertiary/aromatic N) is 4. The summed E-state index contributed by atoms with van der Waals surface area (Å²) in [4.78, 5) is 39.8. The fourth-order valence-electron chi connectivity index (χ4n) is 6.67. The first kappa shape index (κ1) is 30.9. The molecule has 0 saturated carbocycles. The fraction of sp³-hybridized carbons (Fsp3) is 0.0233. The van der Waals surface area contributed by atoms with Gasteiger partial charge in [0.25, 0.3) is 0 Å². The topological polar surface area (TPSA) is 109 Å². The fourth-order valence-corrected chi connectivity index (χ4v) is 7.25. The smallest absolute Gasteiger partial charge is 0.321 e. The van der Waals surface area contributed by atoms with Crippen LogP contribution in [-0.4, -0.2) is 29.7 Å². The van der Waals surface area contributed by atoms with Crippen LogP contribution in [-0.2, 0) is 4.57 Å². The summed E-state index contributed by atoms with van der Waals surface area (Å²) in [6.45, 7) is 2.09. The highest BCUT2D eigenvalue weighted by atomic mass is 31.2. The number of aryl methyl sites for hydroxylation is 1. The molecule has 244 valence electrons. The molecule has 0 bridgehead atoms. The van der Waals surface area contributed by atoms with E-state index in [0.29, 0.717) is 16.8 Å². The van der Waals surface area contributed by atoms with Crippen LogP contribution in [0.2, 0.25) is 0 Å². The van der Waals surface area contributed by atoms with Gasteiger partial charge in [-0.25, -0.2) is 19.9 Å². The van der Waals surface area contributed by atoms with Crippen molar-refractivity contribution in [3.05, 3.63) is 151 Å². The van der Waals surface area contributed by atoms with E-state index >= 15 is 0 Å². The molecule has 0 aliphatic heterocycles. The molecule has 0 atom stereocenters. The summed E-state index contributed by atoms with van der Waals surface area (Å²) in [5.41, 5.74) is 11.1. The average Bonchev–Trinajstić information content (AvgIpc) is 3.16. The first-order valence-electron chi connectivity index (χ1n) is 16.5. The Kier molecular flexibility index (Phi) is 7.30. The van der Waals surface area contributed by atoms with E-state index in [1.165, 1.54) is 17.7 Å². The Morgan fingerprint density at radius 2 is 0.745 bits per heavy atom. The molecule has 5 aromatic carbocycles. The van der Waals surface area contributed by atoms with Crippen LogP contribution in [0.3, 0.4) is 0 Å². The van der Waals surface area contributed by atoms with Crippen molar-refractivity contribution in [2.45, 2.75) is 6.92 Å². The molecule has 0 amide bonds. The SMILES string of the molecule is Cc1cccc(-c2ccc3ccc4ccc(-c5cccc(-c6ccc7ccc8ccc(-c9cccc(P(=O)(O)O)c9)nc8c7n6)c5)nc4c3n2)c1. The van der Waals surface area contributed by atoms with Crippen LogP contribution in [0, 0.1) is 6.92 Å². The van der Waals surface area contributed by atoms with E-state index in [0.717, 1.165) is 71.9 Å². The standard InChI is InChI=1S/C43H29N4O3P/c1-26-5-2-6-31(23-26)36-19-15-27-11-12-28-16-20-37(45-41(28)40(27)44-36)32-7-3-8-33(24-32)38-21-17-29-13-14-30-18-22-39(47-43(30)42(29)46-38)34-9-4-10-35(25-34)51(48,49)50/h2-25H,1H3,(H2,48,49,50). The second-order valence-corrected chi connectivity index (χ2v) is 14.4. The molecule has 8 heteroatoms. The first-order chi connectivity index (χ1) is 24.8. The molecule has 7 nitrogen and oxygen atoms in total. The minimum absolute atomic E-state index is 0.0440. The third kappa shape index (κ3) is 5.73. The third-order valence-corrected chi connectivity index (χ3v) is 10.2. The minimum atomic E-state index is -4.41. The molecule has 0 aliphatic carbocycles. The van der Waals surface area contributed by atoms with E-state index in [1.54, 1.807) is 12.1 Å². The van der Waals surface area contributed by atoms with E-state index in [9.17, 15) is 14.4 Å². The maximum absolute atomic E-state index is 11.9. The largest absolute Gasteiger partial charge is 0.356 e. The molecule has 0 unspecified atom stereocenters. The zero-order chi connectivity index (χ0) is 34.7. The van der Waals surface area contributed by atoms with Crippen LogP contribution in [0.5, 0.6) is 0 Å². The van der Waals surface area contributed by atoms with Crippen LogP contribution in [0.1, 0.15) is 5.56 Å². The van der Waals surface area contributed by atoms with Crippen LogP contribution in [0.15, 0.2) is 146 Å². The molecular formula is C43H29N4O3P. The highest BCUT2D eigenvalue weighted by molar-refractivity contribution is 7.60. The molecule has 0 spiro atoms. The maximum atomic E-state index is 11.9. The monoisotopic (exact) mass is 680 g/mol. The van der Waals surface area contributed by atoms with E-state index in [-0.39, 0.29) is 5.30 Å². The van der Waals surface area contributed by atoms with E-state index in [4.69, 9.17) is 19.9 Å². The quantitative estimate of drug-likeness (QED) is 0.138. The molecule has 9 aromatic rings. The number of rotatable bonds is 5. The van der Waals surface area contributed by atoms with Gasteiger partial charge in [-0.05, 0) is 55.5 Å². The van der Waals surface area contributed by atoms with E-state index < -0.39 is 7.60 Å². The van der Waals surface area contributed by atoms with Gasteiger partial charge in [-0.3, -0.25) is 4.57 Å². The molecule has 0 radical (unpaired) electrons. The van der Waals surface area contributed by atoms with Crippen molar-refractivity contribution in [2.75, 3.05) is 0 Å². The summed E-state index contributed by atoms with van der Waals surface area (Å²) in [6.07, 6.45) is 0. The predicted octanol–water partition coefficient (Wildman–Crippen LogP) is 9.66. The Bertz CT molecular complexity index is 2900. The Morgan fingerprint density at radius 3 is 1.14 bits per heavy atom. The van der Waals surface area contributed by atoms with Gasteiger partial charge in [0.1, 0.15) is 0 Å². The van der Waals surface area contributed by atoms with Crippen molar-refractivity contribution in [3.8, 4) is 45.0 Å². The third-order valence-electron chi connectivity index (χ3n) is 9.29. The van der Waals surface area contributed by atoms with Gasteiger partial charge in [0, 0.05) is 43.8 Å². The second kappa shape index (κ2) is 12.0. The lowest BCUT2D eigenvalue weighted by molar-refractivity contribution is 0.387. The normalized spacial score (nSPS) is 11.9. The molecule has 51 heavy (non-hydrogen) atoms. The van der Waals surface area contributed by atoms with Gasteiger partial charge in [0.05, 0.1) is 50.1 Å². The highest BCUT2D eigenvalue weighted by Crippen LogP contribution is 2.36. The zero-order valence-electron chi connectivity index (χ0n) is 27.4. The number of pyridine rings is 4. The summed E-state index contributed by atoms with van der Waals surface area (Å²) >= 11 is 0. The second-order valence-electron chi connectivity index (χ2n) is 12.7. The van der Waals surface area contributed by atoms with Gasteiger partial charge >= 0.3 is 7.60 Å². The van der Waals surface area contributed by atoms with Gasteiger partial charge in [-0.2, -0.15) is 0 Å². The minimum Gasteiger partial charge on any atom is -0.321 e. The molecule has 0 saturated heterocycles. The maximum Gasteiger partial charge on any atom is 0.356 e. The summed E-state index contributed by atoms with van der Waals surface area (Å²) in [7, 11) is -4.41. The number of benzene rings is 5. The van der Waals surface area contributed by atoms with Crippen molar-refractivity contribution in [2.24, 2.45) is 0 Å². The predicted molar refractivity (Wildman–Crippen MR) is 206 cm³/mol. The lowest BCUT2D eigenvalue weighted by Gasteiger charge is -2.11. The van der Waals surface area contributed by atoms with Crippen molar-refractivity contribution in [3.63, 3.8) is 0 Å². The highest BCUT2D eigenvalue weighted by Gasteiger charge is 2.18. The number of aromatic nitrogens is 4. The van der Waals surface area contributed by atoms with Crippen molar-refractivity contribution in [1.82, 2.24) is 19.9 Å². The number of hydrogen-bond acceptors (Lipinski definition) is 5. The van der Waals surface area contributed by atoms with Gasteiger partial charge < -0.3 is 9.79 Å². The van der Waals surface area contributed by atoms with Crippen molar-refractivity contribution < 1.29 is 14.4 Å². The lowest BCUT2D eigenvalue weighted by atomic mass is 10.0. The molecular weight excluding hydrogens is 651 g/mol. The Labute approximate surface area is 293 Å². The van der Waals surface area contributed by atoms with Crippen LogP contribution >= 0.6 is 7.60 Å². The van der Waals surface area contributed by atoms with Crippen LogP contribution < -0.4 is 5.30 Å². The summed E-state index contributed by atoms with van der Waals surface area (Å²) < 4.78 is 11.9. The summed E-state index contributed by atoms with van der Waals surface area (Å²) in [5, 5.41) is 3.88. The van der Waals surface area contributed by atoms with Crippen LogP contribution in [0.4, 0.5) is 0 Å². The number of hydrogen-bond donors (Lipinski definition) is 2. The van der Waals surface area contributed by atoms with Gasteiger partial charge in [-0.15, -0.1) is 0 Å².